The average molecular weight is 326 g/mol. The van der Waals surface area contributed by atoms with Gasteiger partial charge in [0, 0.05) is 11.8 Å². The molecule has 0 saturated heterocycles. The number of hydrogen-bond acceptors (Lipinski definition) is 4. The summed E-state index contributed by atoms with van der Waals surface area (Å²) < 4.78 is 0. The summed E-state index contributed by atoms with van der Waals surface area (Å²) >= 11 is 1.48. The Morgan fingerprint density at radius 1 is 1.43 bits per heavy atom. The van der Waals surface area contributed by atoms with Crippen molar-refractivity contribution in [1.82, 2.24) is 10.3 Å². The van der Waals surface area contributed by atoms with Crippen molar-refractivity contribution in [3.05, 3.63) is 51.5 Å². The van der Waals surface area contributed by atoms with Crippen LogP contribution in [0, 0.1) is 6.92 Å². The van der Waals surface area contributed by atoms with Crippen molar-refractivity contribution in [2.75, 3.05) is 6.54 Å². The molecular formula is C15H20ClN3OS. The van der Waals surface area contributed by atoms with Crippen LogP contribution in [0.3, 0.4) is 0 Å². The molecule has 0 bridgehead atoms. The second kappa shape index (κ2) is 8.12. The number of rotatable bonds is 5. The highest BCUT2D eigenvalue weighted by molar-refractivity contribution is 7.09. The summed E-state index contributed by atoms with van der Waals surface area (Å²) in [5.41, 5.74) is 8.25. The third-order valence-corrected chi connectivity index (χ3v) is 4.05. The van der Waals surface area contributed by atoms with Crippen molar-refractivity contribution in [3.63, 3.8) is 0 Å². The zero-order valence-electron chi connectivity index (χ0n) is 12.1. The van der Waals surface area contributed by atoms with Gasteiger partial charge in [-0.05, 0) is 31.5 Å². The summed E-state index contributed by atoms with van der Waals surface area (Å²) in [5, 5.41) is 5.67. The molecule has 21 heavy (non-hydrogen) atoms. The number of carbonyl (C=O) groups is 1. The lowest BCUT2D eigenvalue weighted by atomic mass is 10.0. The molecule has 1 atom stereocenters. The van der Waals surface area contributed by atoms with Crippen molar-refractivity contribution < 1.29 is 4.79 Å². The second-order valence-corrected chi connectivity index (χ2v) is 5.66. The number of halogens is 1. The van der Waals surface area contributed by atoms with Gasteiger partial charge in [0.15, 0.2) is 0 Å². The van der Waals surface area contributed by atoms with Crippen LogP contribution in [-0.4, -0.2) is 17.4 Å². The minimum Gasteiger partial charge on any atom is -0.344 e. The Morgan fingerprint density at radius 2 is 2.14 bits per heavy atom. The topological polar surface area (TPSA) is 68.0 Å². The molecule has 2 aromatic rings. The average Bonchev–Trinajstić information content (AvgIpc) is 2.88. The maximum Gasteiger partial charge on any atom is 0.271 e. The highest BCUT2D eigenvalue weighted by atomic mass is 35.5. The zero-order valence-corrected chi connectivity index (χ0v) is 13.8. The Hall–Kier alpha value is -1.43. The van der Waals surface area contributed by atoms with E-state index in [2.05, 4.69) is 10.3 Å². The lowest BCUT2D eigenvalue weighted by Gasteiger charge is -2.15. The van der Waals surface area contributed by atoms with Crippen LogP contribution < -0.4 is 11.1 Å². The summed E-state index contributed by atoms with van der Waals surface area (Å²) in [7, 11) is 0. The first-order valence-electron chi connectivity index (χ1n) is 6.62. The van der Waals surface area contributed by atoms with Crippen LogP contribution in [0.1, 0.15) is 39.6 Å². The molecule has 4 nitrogen and oxygen atoms in total. The van der Waals surface area contributed by atoms with E-state index in [0.29, 0.717) is 18.7 Å². The van der Waals surface area contributed by atoms with Gasteiger partial charge in [0.25, 0.3) is 5.91 Å². The van der Waals surface area contributed by atoms with E-state index < -0.39 is 0 Å². The van der Waals surface area contributed by atoms with Gasteiger partial charge in [0.1, 0.15) is 5.69 Å². The zero-order chi connectivity index (χ0) is 14.5. The number of nitrogens with zero attached hydrogens (tertiary/aromatic N) is 1. The molecule has 6 heteroatoms. The maximum absolute atomic E-state index is 12.2. The molecule has 1 aromatic heterocycles. The Kier molecular flexibility index (Phi) is 6.81. The fourth-order valence-electron chi connectivity index (χ4n) is 2.07. The third kappa shape index (κ3) is 4.52. The van der Waals surface area contributed by atoms with Gasteiger partial charge >= 0.3 is 0 Å². The number of thiazole rings is 1. The van der Waals surface area contributed by atoms with E-state index in [1.165, 1.54) is 16.9 Å². The van der Waals surface area contributed by atoms with Crippen LogP contribution in [0.5, 0.6) is 0 Å². The first-order chi connectivity index (χ1) is 9.61. The number of benzene rings is 1. The summed E-state index contributed by atoms with van der Waals surface area (Å²) in [6, 6.07) is 8.00. The van der Waals surface area contributed by atoms with Crippen LogP contribution in [0.2, 0.25) is 0 Å². The molecule has 1 unspecified atom stereocenters. The van der Waals surface area contributed by atoms with E-state index in [0.717, 1.165) is 10.6 Å². The van der Waals surface area contributed by atoms with Crippen molar-refractivity contribution >= 4 is 29.7 Å². The molecule has 1 heterocycles. The summed E-state index contributed by atoms with van der Waals surface area (Å²) in [6.45, 7) is 4.57. The van der Waals surface area contributed by atoms with Crippen LogP contribution >= 0.6 is 23.7 Å². The number of carbonyl (C=O) groups excluding carboxylic acids is 1. The van der Waals surface area contributed by atoms with Crippen LogP contribution in [0.4, 0.5) is 0 Å². The molecule has 1 aromatic carbocycles. The molecule has 0 spiro atoms. The predicted octanol–water partition coefficient (Wildman–Crippen LogP) is 2.87. The highest BCUT2D eigenvalue weighted by Crippen LogP contribution is 2.18. The Labute approximate surface area is 135 Å². The fourth-order valence-corrected chi connectivity index (χ4v) is 2.87. The maximum atomic E-state index is 12.2. The monoisotopic (exact) mass is 325 g/mol. The molecule has 0 saturated carbocycles. The Bertz CT molecular complexity index is 600. The normalized spacial score (nSPS) is 11.6. The standard InChI is InChI=1S/C15H19N3OS.ClH/c1-10-5-3-4-6-12(10)11(2)17-15(19)13-9-20-14(18-13)7-8-16;/h3-6,9,11H,7-8,16H2,1-2H3,(H,17,19);1H. The van der Waals surface area contributed by atoms with E-state index in [9.17, 15) is 4.79 Å². The number of aromatic nitrogens is 1. The Balaban J connectivity index is 0.00000220. The minimum atomic E-state index is -0.139. The van der Waals surface area contributed by atoms with Gasteiger partial charge in [-0.25, -0.2) is 4.98 Å². The number of aryl methyl sites for hydroxylation is 1. The van der Waals surface area contributed by atoms with Crippen LogP contribution in [-0.2, 0) is 6.42 Å². The SMILES string of the molecule is Cc1ccccc1C(C)NC(=O)c1csc(CCN)n1.Cl. The van der Waals surface area contributed by atoms with Crippen LogP contribution in [0.25, 0.3) is 0 Å². The van der Waals surface area contributed by atoms with E-state index in [4.69, 9.17) is 5.73 Å². The largest absolute Gasteiger partial charge is 0.344 e. The van der Waals surface area contributed by atoms with Crippen molar-refractivity contribution in [1.29, 1.82) is 0 Å². The molecule has 0 aliphatic carbocycles. The molecule has 0 aliphatic rings. The van der Waals surface area contributed by atoms with E-state index in [1.54, 1.807) is 5.38 Å². The van der Waals surface area contributed by atoms with Gasteiger partial charge in [-0.2, -0.15) is 0 Å². The molecule has 1 amide bonds. The third-order valence-electron chi connectivity index (χ3n) is 3.15. The highest BCUT2D eigenvalue weighted by Gasteiger charge is 2.15. The van der Waals surface area contributed by atoms with Crippen LogP contribution in [0.15, 0.2) is 29.6 Å². The fraction of sp³-hybridized carbons (Fsp3) is 0.333. The van der Waals surface area contributed by atoms with E-state index in [1.807, 2.05) is 38.1 Å². The Morgan fingerprint density at radius 3 is 2.81 bits per heavy atom. The van der Waals surface area contributed by atoms with Crippen molar-refractivity contribution in [3.8, 4) is 0 Å². The lowest BCUT2D eigenvalue weighted by Crippen LogP contribution is -2.27. The van der Waals surface area contributed by atoms with E-state index in [-0.39, 0.29) is 24.4 Å². The van der Waals surface area contributed by atoms with Gasteiger partial charge in [0.05, 0.1) is 11.0 Å². The van der Waals surface area contributed by atoms with Gasteiger partial charge in [0.2, 0.25) is 0 Å². The second-order valence-electron chi connectivity index (χ2n) is 4.72. The van der Waals surface area contributed by atoms with Gasteiger partial charge in [-0.3, -0.25) is 4.79 Å². The van der Waals surface area contributed by atoms with Gasteiger partial charge < -0.3 is 11.1 Å². The van der Waals surface area contributed by atoms with Crippen molar-refractivity contribution in [2.45, 2.75) is 26.3 Å². The first-order valence-corrected chi connectivity index (χ1v) is 7.50. The molecular weight excluding hydrogens is 306 g/mol. The summed E-state index contributed by atoms with van der Waals surface area (Å²) in [6.07, 6.45) is 0.714. The number of nitrogens with one attached hydrogen (secondary N) is 1. The van der Waals surface area contributed by atoms with Gasteiger partial charge in [-0.15, -0.1) is 23.7 Å². The summed E-state index contributed by atoms with van der Waals surface area (Å²) in [4.78, 5) is 16.5. The summed E-state index contributed by atoms with van der Waals surface area (Å²) in [5.74, 6) is -0.139. The quantitative estimate of drug-likeness (QED) is 0.888. The molecule has 0 radical (unpaired) electrons. The smallest absolute Gasteiger partial charge is 0.271 e. The van der Waals surface area contributed by atoms with Gasteiger partial charge in [-0.1, -0.05) is 24.3 Å². The number of hydrogen-bond donors (Lipinski definition) is 2. The number of amides is 1. The number of nitrogens with two attached hydrogens (primary N) is 1. The lowest BCUT2D eigenvalue weighted by molar-refractivity contribution is 0.0935. The minimum absolute atomic E-state index is 0. The molecule has 2 rings (SSSR count). The molecule has 3 N–H and O–H groups in total. The van der Waals surface area contributed by atoms with E-state index >= 15 is 0 Å². The predicted molar refractivity (Wildman–Crippen MR) is 89.2 cm³/mol. The van der Waals surface area contributed by atoms with Crippen molar-refractivity contribution in [2.24, 2.45) is 5.73 Å². The molecule has 114 valence electrons. The molecule has 0 fully saturated rings. The first kappa shape index (κ1) is 17.6. The molecule has 0 aliphatic heterocycles.